The molecule has 2 aromatic carbocycles. The number of benzene rings is 2. The Morgan fingerprint density at radius 1 is 1.15 bits per heavy atom. The highest BCUT2D eigenvalue weighted by atomic mass is 79.9. The van der Waals surface area contributed by atoms with E-state index in [-0.39, 0.29) is 17.3 Å². The van der Waals surface area contributed by atoms with Crippen LogP contribution in [0.5, 0.6) is 11.5 Å². The van der Waals surface area contributed by atoms with Crippen molar-refractivity contribution in [1.29, 1.82) is 5.26 Å². The summed E-state index contributed by atoms with van der Waals surface area (Å²) in [5, 5.41) is 9.48. The number of nitriles is 1. The minimum absolute atomic E-state index is 0.0146. The lowest BCUT2D eigenvalue weighted by Gasteiger charge is -2.16. The second-order valence-corrected chi connectivity index (χ2v) is 6.47. The predicted molar refractivity (Wildman–Crippen MR) is 106 cm³/mol. The third-order valence-corrected chi connectivity index (χ3v) is 4.29. The molecule has 0 radical (unpaired) electrons. The van der Waals surface area contributed by atoms with Crippen LogP contribution >= 0.6 is 15.9 Å². The first-order valence-corrected chi connectivity index (χ1v) is 8.70. The maximum atomic E-state index is 9.48. The molecule has 0 atom stereocenters. The number of hydrogen-bond acceptors (Lipinski definition) is 7. The lowest BCUT2D eigenvalue weighted by Crippen LogP contribution is -2.06. The summed E-state index contributed by atoms with van der Waals surface area (Å²) in [4.78, 5) is 8.05. The highest BCUT2D eigenvalue weighted by Gasteiger charge is 2.20. The van der Waals surface area contributed by atoms with E-state index >= 15 is 0 Å². The molecular weight excluding hydrogens is 410 g/mol. The molecule has 0 amide bonds. The average molecular weight is 426 g/mol. The number of anilines is 2. The van der Waals surface area contributed by atoms with Crippen LogP contribution in [0.2, 0.25) is 0 Å². The predicted octanol–water partition coefficient (Wildman–Crippen LogP) is 3.53. The summed E-state index contributed by atoms with van der Waals surface area (Å²) < 4.78 is 12.4. The molecule has 8 heteroatoms. The second-order valence-electron chi connectivity index (χ2n) is 5.56. The first-order chi connectivity index (χ1) is 13.0. The van der Waals surface area contributed by atoms with Crippen molar-refractivity contribution >= 4 is 27.7 Å². The maximum Gasteiger partial charge on any atom is 0.222 e. The van der Waals surface area contributed by atoms with E-state index in [9.17, 15) is 5.26 Å². The van der Waals surface area contributed by atoms with Gasteiger partial charge in [-0.05, 0) is 29.8 Å². The van der Waals surface area contributed by atoms with Crippen LogP contribution in [-0.4, -0.2) is 17.1 Å². The molecule has 1 aromatic heterocycles. The van der Waals surface area contributed by atoms with Crippen molar-refractivity contribution in [3.8, 4) is 28.8 Å². The number of nitrogens with zero attached hydrogens (tertiary/aromatic N) is 3. The molecule has 27 heavy (non-hydrogen) atoms. The zero-order valence-corrected chi connectivity index (χ0v) is 16.0. The zero-order chi connectivity index (χ0) is 19.4. The van der Waals surface area contributed by atoms with Crippen LogP contribution in [-0.2, 0) is 6.61 Å². The lowest BCUT2D eigenvalue weighted by atomic mass is 10.1. The molecule has 0 saturated heterocycles. The largest absolute Gasteiger partial charge is 0.493 e. The third-order valence-electron chi connectivity index (χ3n) is 3.79. The van der Waals surface area contributed by atoms with Crippen LogP contribution in [0.25, 0.3) is 11.3 Å². The van der Waals surface area contributed by atoms with Crippen molar-refractivity contribution in [2.45, 2.75) is 6.61 Å². The van der Waals surface area contributed by atoms with Crippen LogP contribution in [0.4, 0.5) is 11.8 Å². The monoisotopic (exact) mass is 425 g/mol. The van der Waals surface area contributed by atoms with Crippen molar-refractivity contribution in [3.63, 3.8) is 0 Å². The van der Waals surface area contributed by atoms with E-state index in [1.165, 1.54) is 0 Å². The highest BCUT2D eigenvalue weighted by molar-refractivity contribution is 9.10. The fourth-order valence-electron chi connectivity index (χ4n) is 2.60. The summed E-state index contributed by atoms with van der Waals surface area (Å²) in [6, 6.07) is 15.1. The van der Waals surface area contributed by atoms with Gasteiger partial charge in [-0.25, -0.2) is 4.98 Å². The van der Waals surface area contributed by atoms with E-state index in [2.05, 4.69) is 25.9 Å². The first kappa shape index (κ1) is 18.5. The van der Waals surface area contributed by atoms with Gasteiger partial charge in [-0.15, -0.1) is 0 Å². The maximum absolute atomic E-state index is 9.48. The molecule has 3 rings (SSSR count). The number of nitrogen functional groups attached to an aromatic ring is 2. The molecule has 4 N–H and O–H groups in total. The molecule has 3 aromatic rings. The fraction of sp³-hybridized carbons (Fsp3) is 0.105. The molecule has 0 spiro atoms. The minimum atomic E-state index is -0.0257. The standard InChI is InChI=1S/C19H16BrN5O2/c1-26-15-7-3-6-13(16-14(9-21)18(22)25-19(23)24-16)17(15)27-10-11-4-2-5-12(20)8-11/h2-8H,10H2,1H3,(H4,22,23,24,25). The number of hydrogen-bond donors (Lipinski definition) is 2. The lowest BCUT2D eigenvalue weighted by molar-refractivity contribution is 0.285. The van der Waals surface area contributed by atoms with Crippen LogP contribution in [0.1, 0.15) is 11.1 Å². The number of methoxy groups -OCH3 is 1. The van der Waals surface area contributed by atoms with Crippen LogP contribution < -0.4 is 20.9 Å². The summed E-state index contributed by atoms with van der Waals surface area (Å²) in [5.41, 5.74) is 13.5. The van der Waals surface area contributed by atoms with Gasteiger partial charge in [-0.3, -0.25) is 0 Å². The van der Waals surface area contributed by atoms with Gasteiger partial charge in [-0.2, -0.15) is 10.2 Å². The van der Waals surface area contributed by atoms with E-state index in [4.69, 9.17) is 20.9 Å². The Balaban J connectivity index is 2.09. The second kappa shape index (κ2) is 7.93. The van der Waals surface area contributed by atoms with Crippen LogP contribution in [0.3, 0.4) is 0 Å². The van der Waals surface area contributed by atoms with Gasteiger partial charge in [0.15, 0.2) is 11.5 Å². The summed E-state index contributed by atoms with van der Waals surface area (Å²) >= 11 is 3.44. The van der Waals surface area contributed by atoms with Crippen molar-refractivity contribution in [2.24, 2.45) is 0 Å². The fourth-order valence-corrected chi connectivity index (χ4v) is 3.04. The third kappa shape index (κ3) is 3.93. The Hall–Kier alpha value is -3.31. The van der Waals surface area contributed by atoms with Gasteiger partial charge in [0.1, 0.15) is 24.1 Å². The summed E-state index contributed by atoms with van der Waals surface area (Å²) in [6.45, 7) is 0.296. The molecular formula is C19H16BrN5O2. The average Bonchev–Trinajstić information content (AvgIpc) is 2.65. The summed E-state index contributed by atoms with van der Waals surface area (Å²) in [5.74, 6) is 0.930. The number of ether oxygens (including phenoxy) is 2. The van der Waals surface area contributed by atoms with Crippen molar-refractivity contribution in [1.82, 2.24) is 9.97 Å². The zero-order valence-electron chi connectivity index (χ0n) is 14.4. The van der Waals surface area contributed by atoms with Crippen LogP contribution in [0, 0.1) is 11.3 Å². The number of aromatic nitrogens is 2. The summed E-state index contributed by atoms with van der Waals surface area (Å²) in [7, 11) is 1.54. The van der Waals surface area contributed by atoms with Crippen molar-refractivity contribution < 1.29 is 9.47 Å². The molecule has 0 unspecified atom stereocenters. The molecule has 0 aliphatic carbocycles. The van der Waals surface area contributed by atoms with Gasteiger partial charge in [0, 0.05) is 10.0 Å². The van der Waals surface area contributed by atoms with Gasteiger partial charge < -0.3 is 20.9 Å². The molecule has 0 fully saturated rings. The van der Waals surface area contributed by atoms with Gasteiger partial charge in [-0.1, -0.05) is 34.1 Å². The van der Waals surface area contributed by atoms with E-state index in [1.807, 2.05) is 30.3 Å². The molecule has 1 heterocycles. The van der Waals surface area contributed by atoms with E-state index in [1.54, 1.807) is 25.3 Å². The number of rotatable bonds is 5. The van der Waals surface area contributed by atoms with Gasteiger partial charge in [0.2, 0.25) is 5.95 Å². The van der Waals surface area contributed by atoms with Crippen LogP contribution in [0.15, 0.2) is 46.9 Å². The Morgan fingerprint density at radius 3 is 2.63 bits per heavy atom. The molecule has 0 aliphatic heterocycles. The van der Waals surface area contributed by atoms with E-state index in [0.717, 1.165) is 10.0 Å². The van der Waals surface area contributed by atoms with Crippen molar-refractivity contribution in [2.75, 3.05) is 18.6 Å². The van der Waals surface area contributed by atoms with Gasteiger partial charge >= 0.3 is 0 Å². The normalized spacial score (nSPS) is 10.3. The molecule has 0 aliphatic rings. The molecule has 7 nitrogen and oxygen atoms in total. The van der Waals surface area contributed by atoms with E-state index in [0.29, 0.717) is 29.4 Å². The minimum Gasteiger partial charge on any atom is -0.493 e. The summed E-state index contributed by atoms with van der Waals surface area (Å²) in [6.07, 6.45) is 0. The number of halogens is 1. The molecule has 0 saturated carbocycles. The Bertz CT molecular complexity index is 1030. The van der Waals surface area contributed by atoms with Gasteiger partial charge in [0.25, 0.3) is 0 Å². The van der Waals surface area contributed by atoms with E-state index < -0.39 is 0 Å². The Kier molecular flexibility index (Phi) is 5.43. The SMILES string of the molecule is COc1cccc(-c2nc(N)nc(N)c2C#N)c1OCc1cccc(Br)c1. The number of para-hydroxylation sites is 1. The number of nitrogens with two attached hydrogens (primary N) is 2. The molecule has 136 valence electrons. The molecule has 0 bridgehead atoms. The first-order valence-electron chi connectivity index (χ1n) is 7.91. The smallest absolute Gasteiger partial charge is 0.222 e. The Morgan fingerprint density at radius 2 is 1.93 bits per heavy atom. The van der Waals surface area contributed by atoms with Crippen molar-refractivity contribution in [3.05, 3.63) is 58.1 Å². The topological polar surface area (TPSA) is 120 Å². The Labute approximate surface area is 164 Å². The van der Waals surface area contributed by atoms with Gasteiger partial charge in [0.05, 0.1) is 12.8 Å². The quantitative estimate of drug-likeness (QED) is 0.640. The highest BCUT2D eigenvalue weighted by Crippen LogP contribution is 2.40.